The van der Waals surface area contributed by atoms with Crippen molar-refractivity contribution in [2.24, 2.45) is 5.41 Å². The van der Waals surface area contributed by atoms with Gasteiger partial charge in [0.05, 0.1) is 5.92 Å². The molecule has 1 atom stereocenters. The lowest BCUT2D eigenvalue weighted by atomic mass is 9.70. The van der Waals surface area contributed by atoms with Crippen molar-refractivity contribution in [1.82, 2.24) is 10.2 Å². The van der Waals surface area contributed by atoms with Crippen LogP contribution in [0.5, 0.6) is 0 Å². The van der Waals surface area contributed by atoms with Gasteiger partial charge in [-0.25, -0.2) is 0 Å². The highest BCUT2D eigenvalue weighted by Crippen LogP contribution is 2.51. The first-order chi connectivity index (χ1) is 10.9. The normalized spacial score (nSPS) is 23.4. The zero-order chi connectivity index (χ0) is 16.8. The Kier molecular flexibility index (Phi) is 4.17. The molecule has 0 spiro atoms. The van der Waals surface area contributed by atoms with Gasteiger partial charge in [-0.3, -0.25) is 9.89 Å². The molecule has 2 N–H and O–H groups in total. The van der Waals surface area contributed by atoms with Crippen molar-refractivity contribution in [3.05, 3.63) is 33.5 Å². The molecular weight excluding hydrogens is 306 g/mol. The highest BCUT2D eigenvalue weighted by atomic mass is 32.2. The maximum Gasteiger partial charge on any atom is 0.162 e. The van der Waals surface area contributed by atoms with E-state index in [-0.39, 0.29) is 17.1 Å². The number of aromatic nitrogens is 2. The van der Waals surface area contributed by atoms with Gasteiger partial charge < -0.3 is 5.32 Å². The zero-order valence-electron chi connectivity index (χ0n) is 14.5. The number of hydrogen-bond donors (Lipinski definition) is 2. The first-order valence-corrected chi connectivity index (χ1v) is 9.42. The number of carbonyl (C=O) groups excluding carboxylic acids is 1. The van der Waals surface area contributed by atoms with Gasteiger partial charge in [0.2, 0.25) is 0 Å². The number of allylic oxidation sites excluding steroid dienone is 4. The molecule has 0 saturated carbocycles. The van der Waals surface area contributed by atoms with Gasteiger partial charge in [-0.1, -0.05) is 26.8 Å². The van der Waals surface area contributed by atoms with Gasteiger partial charge in [0, 0.05) is 28.9 Å². The Morgan fingerprint density at radius 3 is 2.83 bits per heavy atom. The summed E-state index contributed by atoms with van der Waals surface area (Å²) in [6.45, 7) is 8.50. The number of aromatic amines is 1. The molecule has 1 aliphatic carbocycles. The molecule has 0 bridgehead atoms. The molecule has 5 heteroatoms. The number of anilines is 1. The van der Waals surface area contributed by atoms with Crippen LogP contribution in [0.3, 0.4) is 0 Å². The smallest absolute Gasteiger partial charge is 0.162 e. The molecule has 124 valence electrons. The van der Waals surface area contributed by atoms with Gasteiger partial charge in [0.1, 0.15) is 0 Å². The van der Waals surface area contributed by atoms with Crippen molar-refractivity contribution in [1.29, 1.82) is 0 Å². The van der Waals surface area contributed by atoms with Crippen molar-refractivity contribution in [2.75, 3.05) is 11.6 Å². The molecule has 0 amide bonds. The van der Waals surface area contributed by atoms with Crippen molar-refractivity contribution in [3.63, 3.8) is 0 Å². The number of rotatable bonds is 3. The summed E-state index contributed by atoms with van der Waals surface area (Å²) in [4.78, 5) is 14.2. The number of ketones is 1. The van der Waals surface area contributed by atoms with Crippen LogP contribution in [0.1, 0.15) is 57.2 Å². The van der Waals surface area contributed by atoms with Crippen LogP contribution >= 0.6 is 11.8 Å². The Morgan fingerprint density at radius 2 is 2.17 bits per heavy atom. The van der Waals surface area contributed by atoms with Gasteiger partial charge in [-0.2, -0.15) is 5.10 Å². The van der Waals surface area contributed by atoms with E-state index in [1.807, 2.05) is 6.92 Å². The molecule has 2 aliphatic rings. The average molecular weight is 331 g/mol. The molecule has 1 aromatic rings. The molecule has 0 saturated heterocycles. The van der Waals surface area contributed by atoms with Crippen LogP contribution in [-0.2, 0) is 4.79 Å². The molecule has 23 heavy (non-hydrogen) atoms. The third-order valence-electron chi connectivity index (χ3n) is 4.69. The van der Waals surface area contributed by atoms with E-state index in [4.69, 9.17) is 0 Å². The van der Waals surface area contributed by atoms with Crippen LogP contribution in [0.4, 0.5) is 5.82 Å². The lowest BCUT2D eigenvalue weighted by Crippen LogP contribution is -2.33. The Hall–Kier alpha value is -1.49. The predicted octanol–water partition coefficient (Wildman–Crippen LogP) is 4.53. The monoisotopic (exact) mass is 331 g/mol. The third kappa shape index (κ3) is 2.75. The fraction of sp³-hybridized carbons (Fsp3) is 0.556. The fourth-order valence-electron chi connectivity index (χ4n) is 3.76. The summed E-state index contributed by atoms with van der Waals surface area (Å²) in [5, 5.41) is 11.0. The number of nitrogens with zero attached hydrogens (tertiary/aromatic N) is 1. The maximum atomic E-state index is 13.0. The number of hydrogen-bond acceptors (Lipinski definition) is 4. The van der Waals surface area contributed by atoms with Crippen LogP contribution in [0.15, 0.2) is 22.3 Å². The van der Waals surface area contributed by atoms with E-state index < -0.39 is 0 Å². The molecular formula is C18H25N3OS. The summed E-state index contributed by atoms with van der Waals surface area (Å²) in [6.07, 6.45) is 6.81. The number of aryl methyl sites for hydroxylation is 1. The Morgan fingerprint density at radius 1 is 1.43 bits per heavy atom. The Balaban J connectivity index is 2.19. The number of nitrogens with one attached hydrogen (secondary N) is 2. The standard InChI is InChI=1S/C18H25N3OS/c1-6-7-13(23-5)16-14-10(2)20-21-17(14)19-11-8-18(3,4)9-12(22)15(11)16/h7,16H,6,8-9H2,1-5H3,(H2,19,20,21)/b13-7-/t16-/m1/s1. The van der Waals surface area contributed by atoms with E-state index in [2.05, 4.69) is 48.6 Å². The quantitative estimate of drug-likeness (QED) is 0.854. The number of thioether (sulfide) groups is 1. The maximum absolute atomic E-state index is 13.0. The number of carbonyl (C=O) groups is 1. The molecule has 0 aromatic carbocycles. The second-order valence-corrected chi connectivity index (χ2v) is 8.10. The highest BCUT2D eigenvalue weighted by molar-refractivity contribution is 8.02. The van der Waals surface area contributed by atoms with E-state index in [0.717, 1.165) is 41.2 Å². The zero-order valence-corrected chi connectivity index (χ0v) is 15.4. The van der Waals surface area contributed by atoms with Gasteiger partial charge in [0.15, 0.2) is 11.6 Å². The van der Waals surface area contributed by atoms with E-state index in [9.17, 15) is 4.79 Å². The van der Waals surface area contributed by atoms with E-state index in [1.54, 1.807) is 11.8 Å². The summed E-state index contributed by atoms with van der Waals surface area (Å²) < 4.78 is 0. The molecule has 0 fully saturated rings. The fourth-order valence-corrected chi connectivity index (χ4v) is 4.56. The van der Waals surface area contributed by atoms with E-state index in [1.165, 1.54) is 4.91 Å². The predicted molar refractivity (Wildman–Crippen MR) is 96.6 cm³/mol. The summed E-state index contributed by atoms with van der Waals surface area (Å²) >= 11 is 1.74. The van der Waals surface area contributed by atoms with Crippen LogP contribution in [0.25, 0.3) is 0 Å². The topological polar surface area (TPSA) is 57.8 Å². The second kappa shape index (κ2) is 5.86. The lowest BCUT2D eigenvalue weighted by Gasteiger charge is -2.38. The molecule has 1 aliphatic heterocycles. The average Bonchev–Trinajstić information content (AvgIpc) is 2.82. The van der Waals surface area contributed by atoms with Gasteiger partial charge in [0.25, 0.3) is 0 Å². The summed E-state index contributed by atoms with van der Waals surface area (Å²) in [5.41, 5.74) is 4.19. The minimum atomic E-state index is 0.00428. The van der Waals surface area contributed by atoms with Crippen LogP contribution in [0.2, 0.25) is 0 Å². The van der Waals surface area contributed by atoms with Gasteiger partial charge in [-0.05, 0) is 36.3 Å². The first-order valence-electron chi connectivity index (χ1n) is 8.20. The summed E-state index contributed by atoms with van der Waals surface area (Å²) in [5.74, 6) is 1.18. The van der Waals surface area contributed by atoms with Crippen molar-refractivity contribution >= 4 is 23.4 Å². The Labute approximate surface area is 142 Å². The van der Waals surface area contributed by atoms with E-state index in [0.29, 0.717) is 6.42 Å². The molecule has 3 rings (SSSR count). The summed E-state index contributed by atoms with van der Waals surface area (Å²) in [7, 11) is 0. The second-order valence-electron chi connectivity index (χ2n) is 7.22. The Bertz CT molecular complexity index is 712. The molecule has 2 heterocycles. The third-order valence-corrected chi connectivity index (χ3v) is 5.56. The SMILES string of the molecule is CC/C=C(\SC)[C@H]1C2=C(CC(C)(C)CC2=O)Nc2n[nH]c(C)c21. The highest BCUT2D eigenvalue weighted by Gasteiger charge is 2.42. The van der Waals surface area contributed by atoms with Gasteiger partial charge in [-0.15, -0.1) is 11.8 Å². The minimum Gasteiger partial charge on any atom is -0.342 e. The number of H-pyrrole nitrogens is 1. The first kappa shape index (κ1) is 16.4. The molecule has 0 radical (unpaired) electrons. The van der Waals surface area contributed by atoms with E-state index >= 15 is 0 Å². The van der Waals surface area contributed by atoms with Crippen molar-refractivity contribution in [3.8, 4) is 0 Å². The van der Waals surface area contributed by atoms with Crippen LogP contribution in [-0.4, -0.2) is 22.2 Å². The van der Waals surface area contributed by atoms with Crippen LogP contribution < -0.4 is 5.32 Å². The van der Waals surface area contributed by atoms with Crippen molar-refractivity contribution < 1.29 is 4.79 Å². The minimum absolute atomic E-state index is 0.00428. The molecule has 4 nitrogen and oxygen atoms in total. The summed E-state index contributed by atoms with van der Waals surface area (Å²) in [6, 6.07) is 0. The molecule has 0 unspecified atom stereocenters. The molecule has 1 aromatic heterocycles. The lowest BCUT2D eigenvalue weighted by molar-refractivity contribution is -0.118. The van der Waals surface area contributed by atoms with Crippen molar-refractivity contribution in [2.45, 2.75) is 52.9 Å². The number of Topliss-reactive ketones (excluding diaryl/α,β-unsaturated/α-hetero) is 1. The number of fused-ring (bicyclic) bond motifs is 1. The van der Waals surface area contributed by atoms with Gasteiger partial charge >= 0.3 is 0 Å². The largest absolute Gasteiger partial charge is 0.342 e. The van der Waals surface area contributed by atoms with Crippen LogP contribution in [0, 0.1) is 12.3 Å².